The molecule has 0 aliphatic carbocycles. The molecule has 0 fully saturated rings. The Hall–Kier alpha value is -3.06. The van der Waals surface area contributed by atoms with E-state index in [0.29, 0.717) is 3.57 Å². The van der Waals surface area contributed by atoms with E-state index in [1.807, 2.05) is 32.8 Å². The monoisotopic (exact) mass is 683 g/mol. The highest BCUT2D eigenvalue weighted by Gasteiger charge is 2.25. The Morgan fingerprint density at radius 1 is 1.03 bits per heavy atom. The summed E-state index contributed by atoms with van der Waals surface area (Å²) < 4.78 is 93.5. The highest BCUT2D eigenvalue weighted by Crippen LogP contribution is 2.32. The molecule has 1 heterocycles. The van der Waals surface area contributed by atoms with E-state index in [1.54, 1.807) is 0 Å². The van der Waals surface area contributed by atoms with Crippen molar-refractivity contribution in [2.24, 2.45) is 0 Å². The summed E-state index contributed by atoms with van der Waals surface area (Å²) in [7, 11) is -1.74. The van der Waals surface area contributed by atoms with Crippen molar-refractivity contribution < 1.29 is 40.3 Å². The zero-order valence-corrected chi connectivity index (χ0v) is 23.3. The van der Waals surface area contributed by atoms with Crippen molar-refractivity contribution in [1.82, 2.24) is 15.2 Å². The normalized spacial score (nSPS) is 11.4. The minimum atomic E-state index is -4.22. The van der Waals surface area contributed by atoms with Gasteiger partial charge in [-0.1, -0.05) is 0 Å². The molecule has 16 heteroatoms. The fourth-order valence-electron chi connectivity index (χ4n) is 3.32. The number of carbonyl (C=O) groups is 1. The van der Waals surface area contributed by atoms with Crippen LogP contribution in [0.15, 0.2) is 36.5 Å². The predicted molar refractivity (Wildman–Crippen MR) is 143 cm³/mol. The molecule has 0 bridgehead atoms. The first-order valence-electron chi connectivity index (χ1n) is 10.9. The maximum absolute atomic E-state index is 15.3. The van der Waals surface area contributed by atoms with E-state index in [2.05, 4.69) is 19.9 Å². The molecule has 1 aromatic heterocycles. The van der Waals surface area contributed by atoms with Crippen LogP contribution in [0, 0.1) is 26.8 Å². The molecule has 0 spiro atoms. The average molecular weight is 683 g/mol. The van der Waals surface area contributed by atoms with Crippen LogP contribution in [0.2, 0.25) is 0 Å². The van der Waals surface area contributed by atoms with Crippen LogP contribution in [-0.2, 0) is 26.2 Å². The van der Waals surface area contributed by atoms with Crippen molar-refractivity contribution in [3.63, 3.8) is 0 Å². The van der Waals surface area contributed by atoms with Gasteiger partial charge in [0.15, 0.2) is 23.3 Å². The number of benzene rings is 2. The van der Waals surface area contributed by atoms with Gasteiger partial charge in [-0.25, -0.2) is 28.0 Å². The Kier molecular flexibility index (Phi) is 10.4. The van der Waals surface area contributed by atoms with Gasteiger partial charge in [-0.05, 0) is 64.0 Å². The van der Waals surface area contributed by atoms with Crippen molar-refractivity contribution >= 4 is 55.9 Å². The van der Waals surface area contributed by atoms with Crippen LogP contribution in [0.25, 0.3) is 0 Å². The number of halogens is 5. The van der Waals surface area contributed by atoms with E-state index in [0.717, 1.165) is 31.5 Å². The topological polar surface area (TPSA) is 131 Å². The number of hydroxylamine groups is 1. The number of methoxy groups -OCH3 is 1. The summed E-state index contributed by atoms with van der Waals surface area (Å²) in [5.74, 6) is -6.61. The molecule has 3 aromatic rings. The number of anilines is 3. The summed E-state index contributed by atoms with van der Waals surface area (Å²) in [5, 5.41) is 2.39. The smallest absolute Gasteiger partial charge is 0.300 e. The molecule has 0 radical (unpaired) electrons. The number of hydrogen-bond acceptors (Lipinski definition) is 7. The molecule has 3 rings (SSSR count). The summed E-state index contributed by atoms with van der Waals surface area (Å²) in [5.41, 5.74) is -0.132. The van der Waals surface area contributed by atoms with E-state index in [1.165, 1.54) is 19.2 Å². The molecule has 0 saturated heterocycles. The third-order valence-electron chi connectivity index (χ3n) is 5.09. The first-order valence-corrected chi connectivity index (χ1v) is 13.5. The highest BCUT2D eigenvalue weighted by atomic mass is 127. The number of rotatable bonds is 12. The largest absolute Gasteiger partial charge is 0.383 e. The molecule has 0 atom stereocenters. The zero-order valence-electron chi connectivity index (χ0n) is 20.4. The minimum absolute atomic E-state index is 0.0573. The van der Waals surface area contributed by atoms with Gasteiger partial charge >= 0.3 is 0 Å². The lowest BCUT2D eigenvalue weighted by Gasteiger charge is -2.17. The van der Waals surface area contributed by atoms with E-state index in [-0.39, 0.29) is 24.4 Å². The van der Waals surface area contributed by atoms with Crippen LogP contribution in [0.3, 0.4) is 0 Å². The van der Waals surface area contributed by atoms with Gasteiger partial charge in [0.1, 0.15) is 5.82 Å². The summed E-state index contributed by atoms with van der Waals surface area (Å²) in [6.45, 7) is -0.0435. The Morgan fingerprint density at radius 3 is 2.44 bits per heavy atom. The van der Waals surface area contributed by atoms with Gasteiger partial charge in [0.2, 0.25) is 0 Å². The van der Waals surface area contributed by atoms with Gasteiger partial charge in [-0.2, -0.15) is 13.1 Å². The van der Waals surface area contributed by atoms with Crippen molar-refractivity contribution in [3.05, 3.63) is 80.1 Å². The molecular formula is C23H22F4IN5O5S. The van der Waals surface area contributed by atoms with Crippen LogP contribution in [0.4, 0.5) is 34.8 Å². The molecule has 0 aliphatic rings. The lowest BCUT2D eigenvalue weighted by Crippen LogP contribution is -2.33. The van der Waals surface area contributed by atoms with Crippen LogP contribution in [0.1, 0.15) is 21.5 Å². The first kappa shape index (κ1) is 30.5. The lowest BCUT2D eigenvalue weighted by atomic mass is 10.00. The van der Waals surface area contributed by atoms with E-state index in [9.17, 15) is 17.6 Å². The maximum Gasteiger partial charge on any atom is 0.300 e. The van der Waals surface area contributed by atoms with Gasteiger partial charge in [0.25, 0.3) is 16.1 Å². The summed E-state index contributed by atoms with van der Waals surface area (Å²) in [6.07, 6.45) is 0.460. The molecule has 0 saturated carbocycles. The van der Waals surface area contributed by atoms with Crippen molar-refractivity contribution in [3.8, 4) is 0 Å². The minimum Gasteiger partial charge on any atom is -0.383 e. The number of hydrogen-bond donors (Lipinski definition) is 4. The van der Waals surface area contributed by atoms with Gasteiger partial charge in [-0.3, -0.25) is 14.4 Å². The van der Waals surface area contributed by atoms with E-state index >= 15 is 13.2 Å². The van der Waals surface area contributed by atoms with Gasteiger partial charge in [-0.15, -0.1) is 0 Å². The van der Waals surface area contributed by atoms with Crippen LogP contribution in [0.5, 0.6) is 0 Å². The second-order valence-electron chi connectivity index (χ2n) is 7.77. The van der Waals surface area contributed by atoms with Gasteiger partial charge in [0.05, 0.1) is 30.7 Å². The number of amides is 1. The SMILES string of the molecule is COCCNS(=O)(=O)Nc1nccc(Cc2cc(C(=O)NOC)c(Nc3ccc(I)cc3F)c(F)c2F)c1F. The Balaban J connectivity index is 2.00. The van der Waals surface area contributed by atoms with Crippen LogP contribution in [-0.4, -0.2) is 46.7 Å². The number of ether oxygens (including phenoxy) is 1. The fraction of sp³-hybridized carbons (Fsp3) is 0.217. The molecule has 10 nitrogen and oxygen atoms in total. The maximum atomic E-state index is 15.3. The average Bonchev–Trinajstić information content (AvgIpc) is 2.87. The standard InChI is InChI=1S/C23H22F4IN5O5S/c1-37-8-7-30-39(35,36)33-22-19(26)12(5-6-29-22)9-13-10-15(23(34)32-38-2)21(20(27)18(13)25)31-17-4-3-14(28)11-16(17)24/h3-6,10-11,30-31H,7-9H2,1-2H3,(H,29,33)(H,32,34). The second kappa shape index (κ2) is 13.3. The van der Waals surface area contributed by atoms with Crippen LogP contribution >= 0.6 is 22.6 Å². The highest BCUT2D eigenvalue weighted by molar-refractivity contribution is 14.1. The zero-order chi connectivity index (χ0) is 28.7. The molecule has 4 N–H and O–H groups in total. The molecule has 1 amide bonds. The van der Waals surface area contributed by atoms with Crippen molar-refractivity contribution in [2.75, 3.05) is 37.4 Å². The predicted octanol–water partition coefficient (Wildman–Crippen LogP) is 3.76. The Morgan fingerprint density at radius 2 is 1.77 bits per heavy atom. The Bertz CT molecular complexity index is 1480. The molecule has 2 aromatic carbocycles. The first-order chi connectivity index (χ1) is 18.5. The molecule has 0 unspecified atom stereocenters. The van der Waals surface area contributed by atoms with E-state index in [4.69, 9.17) is 4.74 Å². The van der Waals surface area contributed by atoms with Crippen LogP contribution < -0.4 is 20.2 Å². The molecular weight excluding hydrogens is 661 g/mol. The van der Waals surface area contributed by atoms with E-state index < -0.39 is 68.4 Å². The number of aromatic nitrogens is 1. The molecule has 39 heavy (non-hydrogen) atoms. The lowest BCUT2D eigenvalue weighted by molar-refractivity contribution is 0.0538. The second-order valence-corrected chi connectivity index (χ2v) is 10.5. The number of nitrogens with zero attached hydrogens (tertiary/aromatic N) is 1. The summed E-state index contributed by atoms with van der Waals surface area (Å²) >= 11 is 1.86. The van der Waals surface area contributed by atoms with Gasteiger partial charge in [0, 0.05) is 29.8 Å². The quantitative estimate of drug-likeness (QED) is 0.0991. The number of nitrogens with one attached hydrogen (secondary N) is 4. The third kappa shape index (κ3) is 7.75. The third-order valence-corrected chi connectivity index (χ3v) is 6.81. The number of pyridine rings is 1. The fourth-order valence-corrected chi connectivity index (χ4v) is 4.59. The molecule has 210 valence electrons. The summed E-state index contributed by atoms with van der Waals surface area (Å²) in [4.78, 5) is 20.8. The van der Waals surface area contributed by atoms with Crippen molar-refractivity contribution in [2.45, 2.75) is 6.42 Å². The number of carbonyl (C=O) groups excluding carboxylic acids is 1. The Labute approximate surface area is 234 Å². The summed E-state index contributed by atoms with van der Waals surface area (Å²) in [6, 6.07) is 6.00. The molecule has 0 aliphatic heterocycles. The van der Waals surface area contributed by atoms with Gasteiger partial charge < -0.3 is 10.1 Å². The van der Waals surface area contributed by atoms with Crippen molar-refractivity contribution in [1.29, 1.82) is 0 Å².